The number of cyclic esters (lactones) is 1. The molecule has 1 unspecified atom stereocenters. The molecule has 0 radical (unpaired) electrons. The highest BCUT2D eigenvalue weighted by atomic mass is 16.6. The maximum absolute atomic E-state index is 12.3. The van der Waals surface area contributed by atoms with E-state index < -0.39 is 17.9 Å². The third kappa shape index (κ3) is 3.22. The van der Waals surface area contributed by atoms with Gasteiger partial charge in [0.05, 0.1) is 26.9 Å². The van der Waals surface area contributed by atoms with Crippen LogP contribution in [0.25, 0.3) is 0 Å². The number of methoxy groups -OCH3 is 3. The van der Waals surface area contributed by atoms with E-state index in [0.29, 0.717) is 17.0 Å². The molecule has 0 aromatic carbocycles. The normalized spacial score (nSPS) is 21.7. The predicted octanol–water partition coefficient (Wildman–Crippen LogP) is 1.46. The Bertz CT molecular complexity index is 798. The highest BCUT2D eigenvalue weighted by molar-refractivity contribution is 6.01. The van der Waals surface area contributed by atoms with E-state index in [1.807, 2.05) is 0 Å². The number of hydrogen-bond acceptors (Lipinski definition) is 8. The van der Waals surface area contributed by atoms with Crippen LogP contribution in [0.15, 0.2) is 45.9 Å². The highest BCUT2D eigenvalue weighted by Crippen LogP contribution is 2.36. The summed E-state index contributed by atoms with van der Waals surface area (Å²) in [5.74, 6) is -2.23. The Morgan fingerprint density at radius 2 is 1.62 bits per heavy atom. The van der Waals surface area contributed by atoms with E-state index in [9.17, 15) is 14.4 Å². The third-order valence-electron chi connectivity index (χ3n) is 4.13. The number of carbonyl (C=O) groups is 3. The van der Waals surface area contributed by atoms with Gasteiger partial charge in [0.15, 0.2) is 11.5 Å². The van der Waals surface area contributed by atoms with Gasteiger partial charge in [-0.15, -0.1) is 0 Å². The van der Waals surface area contributed by atoms with E-state index in [1.165, 1.54) is 34.3 Å². The van der Waals surface area contributed by atoms with E-state index in [-0.39, 0.29) is 28.6 Å². The second-order valence-electron chi connectivity index (χ2n) is 5.71. The fraction of sp³-hybridized carbons (Fsp3) is 0.389. The van der Waals surface area contributed by atoms with E-state index >= 15 is 0 Å². The van der Waals surface area contributed by atoms with Gasteiger partial charge in [0.1, 0.15) is 0 Å². The Labute approximate surface area is 151 Å². The molecule has 0 aliphatic carbocycles. The minimum Gasteiger partial charge on any atom is -0.490 e. The number of carbonyl (C=O) groups excluding carboxylic acids is 3. The molecule has 8 nitrogen and oxygen atoms in total. The number of nitrogens with one attached hydrogen (secondary N) is 1. The van der Waals surface area contributed by atoms with Crippen LogP contribution >= 0.6 is 0 Å². The third-order valence-corrected chi connectivity index (χ3v) is 4.13. The topological polar surface area (TPSA) is 100 Å². The zero-order valence-electron chi connectivity index (χ0n) is 15.5. The molecule has 0 fully saturated rings. The monoisotopic (exact) mass is 363 g/mol. The van der Waals surface area contributed by atoms with E-state index in [0.717, 1.165) is 0 Å². The summed E-state index contributed by atoms with van der Waals surface area (Å²) in [5.41, 5.74) is 1.75. The summed E-state index contributed by atoms with van der Waals surface area (Å²) < 4.78 is 20.3. The Balaban J connectivity index is 2.66. The summed E-state index contributed by atoms with van der Waals surface area (Å²) in [5, 5.41) is 3.02. The van der Waals surface area contributed by atoms with Crippen molar-refractivity contribution in [3.05, 3.63) is 45.9 Å². The number of ether oxygens (including phenoxy) is 4. The van der Waals surface area contributed by atoms with Crippen molar-refractivity contribution >= 4 is 17.7 Å². The van der Waals surface area contributed by atoms with Crippen LogP contribution in [-0.4, -0.2) is 39.1 Å². The van der Waals surface area contributed by atoms with Gasteiger partial charge in [0, 0.05) is 22.9 Å². The predicted molar refractivity (Wildman–Crippen MR) is 89.9 cm³/mol. The van der Waals surface area contributed by atoms with Crippen LogP contribution in [0.1, 0.15) is 20.8 Å². The second kappa shape index (κ2) is 7.47. The van der Waals surface area contributed by atoms with Crippen LogP contribution in [0.4, 0.5) is 0 Å². The van der Waals surface area contributed by atoms with Crippen molar-refractivity contribution < 1.29 is 33.3 Å². The van der Waals surface area contributed by atoms with Gasteiger partial charge in [-0.2, -0.15) is 0 Å². The summed E-state index contributed by atoms with van der Waals surface area (Å²) in [6.45, 7) is 4.83. The van der Waals surface area contributed by atoms with E-state index in [2.05, 4.69) is 5.32 Å². The first-order valence-electron chi connectivity index (χ1n) is 7.81. The summed E-state index contributed by atoms with van der Waals surface area (Å²) in [6, 6.07) is 0. The lowest BCUT2D eigenvalue weighted by Gasteiger charge is -2.28. The molecule has 1 N–H and O–H groups in total. The first kappa shape index (κ1) is 19.3. The molecule has 140 valence electrons. The number of hydrogen-bond donors (Lipinski definition) is 1. The van der Waals surface area contributed by atoms with Gasteiger partial charge in [0.25, 0.3) is 5.76 Å². The molecule has 2 aliphatic rings. The maximum Gasteiger partial charge on any atom is 0.383 e. The number of dihydropyridines is 1. The van der Waals surface area contributed by atoms with Crippen LogP contribution in [0, 0.1) is 5.92 Å². The van der Waals surface area contributed by atoms with Gasteiger partial charge in [-0.1, -0.05) is 0 Å². The largest absolute Gasteiger partial charge is 0.490 e. The standard InChI is InChI=1S/C18H21NO7/c1-8-13(10(3)20)11(14(9(2)19-8)17(21)25-6)7-12-15(23-4)16(24-5)18(22)26-12/h7,11,19H,1-6H3/b12-7-. The lowest BCUT2D eigenvalue weighted by molar-refractivity contribution is -0.137. The van der Waals surface area contributed by atoms with Crippen LogP contribution in [-0.2, 0) is 33.3 Å². The van der Waals surface area contributed by atoms with Crippen LogP contribution in [0.2, 0.25) is 0 Å². The number of esters is 2. The number of allylic oxidation sites excluding steroid dienone is 4. The number of Topliss-reactive ketones (excluding diaryl/α,β-unsaturated/α-hetero) is 1. The summed E-state index contributed by atoms with van der Waals surface area (Å²) in [6.07, 6.45) is 1.49. The molecule has 2 rings (SSSR count). The fourth-order valence-corrected chi connectivity index (χ4v) is 3.09. The molecule has 0 spiro atoms. The molecule has 26 heavy (non-hydrogen) atoms. The van der Waals surface area contributed by atoms with Crippen molar-refractivity contribution in [3.8, 4) is 0 Å². The van der Waals surface area contributed by atoms with Crippen molar-refractivity contribution in [2.75, 3.05) is 21.3 Å². The minimum atomic E-state index is -0.773. The molecule has 0 aromatic rings. The summed E-state index contributed by atoms with van der Waals surface area (Å²) in [7, 11) is 3.93. The fourth-order valence-electron chi connectivity index (χ4n) is 3.09. The summed E-state index contributed by atoms with van der Waals surface area (Å²) >= 11 is 0. The second-order valence-corrected chi connectivity index (χ2v) is 5.71. The lowest BCUT2D eigenvalue weighted by atomic mass is 9.83. The average Bonchev–Trinajstić information content (AvgIpc) is 2.87. The highest BCUT2D eigenvalue weighted by Gasteiger charge is 2.38. The van der Waals surface area contributed by atoms with Crippen LogP contribution < -0.4 is 5.32 Å². The molecule has 1 atom stereocenters. The number of ketones is 1. The Morgan fingerprint density at radius 1 is 1.04 bits per heavy atom. The van der Waals surface area contributed by atoms with Crippen molar-refractivity contribution in [1.29, 1.82) is 0 Å². The quantitative estimate of drug-likeness (QED) is 0.733. The van der Waals surface area contributed by atoms with Crippen molar-refractivity contribution in [2.45, 2.75) is 20.8 Å². The van der Waals surface area contributed by atoms with E-state index in [4.69, 9.17) is 18.9 Å². The molecule has 0 saturated heterocycles. The molecule has 0 saturated carbocycles. The molecule has 0 aromatic heterocycles. The number of rotatable bonds is 5. The molecule has 2 aliphatic heterocycles. The SMILES string of the molecule is COC(=O)C1=C(C)NC(C)=C(C(C)=O)C1/C=C1\OC(=O)C(OC)=C1OC. The maximum atomic E-state index is 12.3. The zero-order valence-corrected chi connectivity index (χ0v) is 15.5. The molecule has 2 heterocycles. The first-order valence-corrected chi connectivity index (χ1v) is 7.81. The van der Waals surface area contributed by atoms with Crippen molar-refractivity contribution in [3.63, 3.8) is 0 Å². The van der Waals surface area contributed by atoms with Gasteiger partial charge in [-0.25, -0.2) is 9.59 Å². The van der Waals surface area contributed by atoms with E-state index in [1.54, 1.807) is 13.8 Å². The lowest BCUT2D eigenvalue weighted by Crippen LogP contribution is -2.31. The van der Waals surface area contributed by atoms with Crippen LogP contribution in [0.3, 0.4) is 0 Å². The molecule has 0 bridgehead atoms. The Morgan fingerprint density at radius 3 is 2.12 bits per heavy atom. The van der Waals surface area contributed by atoms with Gasteiger partial charge >= 0.3 is 11.9 Å². The first-order chi connectivity index (χ1) is 12.3. The molecular formula is C18H21NO7. The van der Waals surface area contributed by atoms with Gasteiger partial charge in [-0.05, 0) is 26.8 Å². The minimum absolute atomic E-state index is 0.0713. The molecule has 0 amide bonds. The summed E-state index contributed by atoms with van der Waals surface area (Å²) in [4.78, 5) is 36.4. The molecular weight excluding hydrogens is 342 g/mol. The Kier molecular flexibility index (Phi) is 5.54. The van der Waals surface area contributed by atoms with Crippen LogP contribution in [0.5, 0.6) is 0 Å². The average molecular weight is 363 g/mol. The smallest absolute Gasteiger partial charge is 0.383 e. The van der Waals surface area contributed by atoms with Crippen molar-refractivity contribution in [1.82, 2.24) is 5.32 Å². The van der Waals surface area contributed by atoms with Gasteiger partial charge in [0.2, 0.25) is 5.76 Å². The van der Waals surface area contributed by atoms with Gasteiger partial charge < -0.3 is 24.3 Å². The Hall–Kier alpha value is -3.03. The van der Waals surface area contributed by atoms with Crippen molar-refractivity contribution in [2.24, 2.45) is 5.92 Å². The molecule has 8 heteroatoms. The van der Waals surface area contributed by atoms with Gasteiger partial charge in [-0.3, -0.25) is 4.79 Å². The zero-order chi connectivity index (χ0) is 19.6.